The average molecular weight is 466 g/mol. The maximum absolute atomic E-state index is 12.8. The van der Waals surface area contributed by atoms with Gasteiger partial charge >= 0.3 is 11.9 Å². The van der Waals surface area contributed by atoms with Crippen LogP contribution in [-0.4, -0.2) is 70.5 Å². The van der Waals surface area contributed by atoms with Crippen LogP contribution in [0.1, 0.15) is 31.2 Å². The van der Waals surface area contributed by atoms with Crippen molar-refractivity contribution in [3.8, 4) is 0 Å². The number of carbonyl (C=O) groups excluding carboxylic acids is 1. The van der Waals surface area contributed by atoms with E-state index in [4.69, 9.17) is 10.2 Å². The molecule has 0 aliphatic heterocycles. The molecule has 34 heavy (non-hydrogen) atoms. The van der Waals surface area contributed by atoms with E-state index in [1.165, 1.54) is 0 Å². The zero-order valence-corrected chi connectivity index (χ0v) is 19.3. The molecule has 1 aromatic carbocycles. The lowest BCUT2D eigenvalue weighted by atomic mass is 9.80. The second-order valence-corrected chi connectivity index (χ2v) is 8.36. The van der Waals surface area contributed by atoms with Gasteiger partial charge in [-0.2, -0.15) is 0 Å². The first-order valence-corrected chi connectivity index (χ1v) is 11.1. The van der Waals surface area contributed by atoms with E-state index in [9.17, 15) is 19.5 Å². The molecule has 3 rings (SSSR count). The zero-order chi connectivity index (χ0) is 24.8. The monoisotopic (exact) mass is 465 g/mol. The van der Waals surface area contributed by atoms with E-state index in [1.54, 1.807) is 24.3 Å². The highest BCUT2D eigenvalue weighted by Gasteiger charge is 2.36. The number of aliphatic hydroxyl groups excluding tert-OH is 1. The summed E-state index contributed by atoms with van der Waals surface area (Å²) in [6, 6.07) is 7.24. The maximum Gasteiger partial charge on any atom is 0.303 e. The number of carboxylic acids is 2. The van der Waals surface area contributed by atoms with Crippen LogP contribution in [-0.2, 0) is 14.4 Å². The summed E-state index contributed by atoms with van der Waals surface area (Å²) in [7, 11) is 3.75. The molecule has 0 saturated carbocycles. The molecule has 0 radical (unpaired) electrons. The lowest BCUT2D eigenvalue weighted by Gasteiger charge is -2.24. The standard InChI is InChI=1S/C26H28N2O6/c1-27(15-3-5-21(29)30)19-11-7-17(8-12-19)23-25(33)24(26(23)34)18-9-13-20(14-10-18)28(2)16-4-6-22(31)32/h7-14H,3-6,15-16H2,1-2H3,(H2-,29,30,31,32,33,34)/p+1. The van der Waals surface area contributed by atoms with Crippen LogP contribution in [0.25, 0.3) is 5.57 Å². The van der Waals surface area contributed by atoms with Crippen molar-refractivity contribution in [2.75, 3.05) is 32.1 Å². The summed E-state index contributed by atoms with van der Waals surface area (Å²) in [5.74, 6) is -1.89. The van der Waals surface area contributed by atoms with Gasteiger partial charge in [-0.25, -0.2) is 4.58 Å². The van der Waals surface area contributed by atoms with Gasteiger partial charge in [0.25, 0.3) is 0 Å². The number of carbonyl (C=O) groups is 3. The number of ketones is 1. The molecule has 0 atom stereocenters. The molecule has 8 heteroatoms. The van der Waals surface area contributed by atoms with Crippen LogP contribution in [0, 0.1) is 0 Å². The Morgan fingerprint density at radius 1 is 0.912 bits per heavy atom. The second kappa shape index (κ2) is 10.8. The number of carboxylic acid groups (broad SMARTS) is 2. The predicted octanol–water partition coefficient (Wildman–Crippen LogP) is 3.21. The topological polar surface area (TPSA) is 118 Å². The normalized spacial score (nSPS) is 15.0. The minimum Gasteiger partial charge on any atom is -0.506 e. The Morgan fingerprint density at radius 2 is 1.50 bits per heavy atom. The Labute approximate surface area is 198 Å². The predicted molar refractivity (Wildman–Crippen MR) is 129 cm³/mol. The lowest BCUT2D eigenvalue weighted by Crippen LogP contribution is -2.24. The fourth-order valence-electron chi connectivity index (χ4n) is 3.90. The van der Waals surface area contributed by atoms with Gasteiger partial charge in [0.1, 0.15) is 19.4 Å². The summed E-state index contributed by atoms with van der Waals surface area (Å²) in [5, 5.41) is 28.2. The molecular weight excluding hydrogens is 436 g/mol. The Morgan fingerprint density at radius 3 is 2.06 bits per heavy atom. The van der Waals surface area contributed by atoms with E-state index >= 15 is 0 Å². The Bertz CT molecular complexity index is 1130. The van der Waals surface area contributed by atoms with Crippen LogP contribution in [0.5, 0.6) is 0 Å². The second-order valence-electron chi connectivity index (χ2n) is 8.36. The smallest absolute Gasteiger partial charge is 0.303 e. The first-order chi connectivity index (χ1) is 16.2. The van der Waals surface area contributed by atoms with Crippen molar-refractivity contribution >= 4 is 34.7 Å². The largest absolute Gasteiger partial charge is 0.506 e. The first-order valence-electron chi connectivity index (χ1n) is 11.1. The quantitative estimate of drug-likeness (QED) is 0.359. The van der Waals surface area contributed by atoms with Gasteiger partial charge in [-0.05, 0) is 41.8 Å². The highest BCUT2D eigenvalue weighted by molar-refractivity contribution is 6.39. The van der Waals surface area contributed by atoms with Crippen molar-refractivity contribution < 1.29 is 34.3 Å². The molecule has 8 nitrogen and oxygen atoms in total. The van der Waals surface area contributed by atoms with Crippen molar-refractivity contribution in [2.24, 2.45) is 0 Å². The number of aliphatic hydroxyl groups is 1. The molecule has 178 valence electrons. The van der Waals surface area contributed by atoms with E-state index in [0.717, 1.165) is 11.4 Å². The lowest BCUT2D eigenvalue weighted by molar-refractivity contribution is -0.496. The molecule has 0 saturated heterocycles. The number of aliphatic carboxylic acids is 2. The van der Waals surface area contributed by atoms with Crippen molar-refractivity contribution in [1.29, 1.82) is 0 Å². The van der Waals surface area contributed by atoms with E-state index in [0.29, 0.717) is 37.1 Å². The van der Waals surface area contributed by atoms with Crippen molar-refractivity contribution in [3.63, 3.8) is 0 Å². The van der Waals surface area contributed by atoms with Gasteiger partial charge in [-0.1, -0.05) is 12.1 Å². The number of hydrogen-bond donors (Lipinski definition) is 3. The molecule has 0 aromatic heterocycles. The van der Waals surface area contributed by atoms with E-state index in [2.05, 4.69) is 0 Å². The summed E-state index contributed by atoms with van der Waals surface area (Å²) >= 11 is 0. The first kappa shape index (κ1) is 24.7. The highest BCUT2D eigenvalue weighted by atomic mass is 16.4. The Kier molecular flexibility index (Phi) is 7.83. The third-order valence-corrected chi connectivity index (χ3v) is 5.89. The fraction of sp³-hybridized carbons (Fsp3) is 0.308. The number of rotatable bonds is 10. The van der Waals surface area contributed by atoms with Crippen LogP contribution in [0.15, 0.2) is 65.5 Å². The number of nitrogens with zero attached hydrogens (tertiary/aromatic N) is 2. The van der Waals surface area contributed by atoms with E-state index < -0.39 is 11.9 Å². The summed E-state index contributed by atoms with van der Waals surface area (Å²) in [6.07, 6.45) is 8.53. The Hall–Kier alpha value is -3.94. The van der Waals surface area contributed by atoms with E-state index in [-0.39, 0.29) is 35.5 Å². The number of hydrogen-bond acceptors (Lipinski definition) is 5. The number of anilines is 1. The van der Waals surface area contributed by atoms with Crippen LogP contribution in [0.3, 0.4) is 0 Å². The summed E-state index contributed by atoms with van der Waals surface area (Å²) < 4.78 is 1.95. The molecule has 1 aromatic rings. The van der Waals surface area contributed by atoms with E-state index in [1.807, 2.05) is 47.9 Å². The SMILES string of the molecule is CN(CCCC(=O)O)c1ccc(C2=C(O)C(=C3C=CC(=[N+](C)CCCC(=O)O)C=C3)C2=O)cc1. The average Bonchev–Trinajstić information content (AvgIpc) is 2.79. The molecule has 0 spiro atoms. The summed E-state index contributed by atoms with van der Waals surface area (Å²) in [5.41, 5.74) is 3.61. The van der Waals surface area contributed by atoms with Crippen molar-refractivity contribution in [2.45, 2.75) is 25.7 Å². The molecule has 0 amide bonds. The molecular formula is C26H29N2O6+. The number of allylic oxidation sites excluding steroid dienone is 7. The van der Waals surface area contributed by atoms with Gasteiger partial charge < -0.3 is 20.2 Å². The van der Waals surface area contributed by atoms with Crippen LogP contribution >= 0.6 is 0 Å². The molecule has 0 unspecified atom stereocenters. The molecule has 0 fully saturated rings. The minimum atomic E-state index is -0.820. The maximum atomic E-state index is 12.8. The number of Topliss-reactive ketones (excluding diaryl/α,β-unsaturated/α-hetero) is 1. The van der Waals surface area contributed by atoms with Gasteiger partial charge in [-0.15, -0.1) is 0 Å². The van der Waals surface area contributed by atoms with Gasteiger partial charge in [0.15, 0.2) is 5.71 Å². The summed E-state index contributed by atoms with van der Waals surface area (Å²) in [6.45, 7) is 1.20. The Balaban J connectivity index is 1.70. The van der Waals surface area contributed by atoms with Crippen LogP contribution < -0.4 is 4.90 Å². The van der Waals surface area contributed by atoms with Gasteiger partial charge in [0.2, 0.25) is 5.78 Å². The van der Waals surface area contributed by atoms with Crippen molar-refractivity contribution in [1.82, 2.24) is 0 Å². The fourth-order valence-corrected chi connectivity index (χ4v) is 3.90. The molecule has 2 aliphatic rings. The van der Waals surface area contributed by atoms with Crippen LogP contribution in [0.4, 0.5) is 5.69 Å². The third kappa shape index (κ3) is 5.70. The van der Waals surface area contributed by atoms with Crippen LogP contribution in [0.2, 0.25) is 0 Å². The summed E-state index contributed by atoms with van der Waals surface area (Å²) in [4.78, 5) is 36.1. The van der Waals surface area contributed by atoms with Crippen molar-refractivity contribution in [3.05, 3.63) is 71.0 Å². The van der Waals surface area contributed by atoms with Gasteiger partial charge in [0.05, 0.1) is 17.6 Å². The molecule has 0 heterocycles. The molecule has 2 aliphatic carbocycles. The zero-order valence-electron chi connectivity index (χ0n) is 19.3. The minimum absolute atomic E-state index is 0.0323. The number of benzene rings is 1. The highest BCUT2D eigenvalue weighted by Crippen LogP contribution is 2.39. The molecule has 0 bridgehead atoms. The molecule has 3 N–H and O–H groups in total. The third-order valence-electron chi connectivity index (χ3n) is 5.89. The van der Waals surface area contributed by atoms with Gasteiger partial charge in [0, 0.05) is 44.3 Å². The van der Waals surface area contributed by atoms with Gasteiger partial charge in [-0.3, -0.25) is 14.4 Å².